The summed E-state index contributed by atoms with van der Waals surface area (Å²) in [6.45, 7) is 2.40. The molecular formula is C53H37N3. The van der Waals surface area contributed by atoms with Crippen molar-refractivity contribution in [1.82, 2.24) is 9.55 Å². The molecule has 3 nitrogen and oxygen atoms in total. The Morgan fingerprint density at radius 1 is 0.482 bits per heavy atom. The summed E-state index contributed by atoms with van der Waals surface area (Å²) in [6.07, 6.45) is 4.99. The lowest BCUT2D eigenvalue weighted by atomic mass is 9.83. The van der Waals surface area contributed by atoms with E-state index in [0.717, 1.165) is 0 Å². The second kappa shape index (κ2) is 11.9. The molecule has 2 unspecified atom stereocenters. The zero-order chi connectivity index (χ0) is 36.9. The first kappa shape index (κ1) is 31.3. The zero-order valence-corrected chi connectivity index (χ0v) is 30.9. The number of H-pyrrole nitrogens is 1. The molecule has 0 amide bonds. The van der Waals surface area contributed by atoms with Gasteiger partial charge in [0.05, 0.1) is 22.8 Å². The Bertz CT molecular complexity index is 3260. The first-order chi connectivity index (χ1) is 27.7. The lowest BCUT2D eigenvalue weighted by molar-refractivity contribution is 0.640. The molecule has 0 saturated heterocycles. The second-order valence-corrected chi connectivity index (χ2v) is 15.5. The van der Waals surface area contributed by atoms with Crippen molar-refractivity contribution < 1.29 is 0 Å². The van der Waals surface area contributed by atoms with Crippen molar-refractivity contribution in [1.29, 1.82) is 0 Å². The Hall–Kier alpha value is -7.10. The van der Waals surface area contributed by atoms with Crippen LogP contribution in [0.1, 0.15) is 18.1 Å². The van der Waals surface area contributed by atoms with Gasteiger partial charge in [-0.05, 0) is 99.8 Å². The third-order valence-corrected chi connectivity index (χ3v) is 12.3. The standard InChI is InChI=1S/C53H37N3/c1-33-28-38(37-24-27-51-44(29-37)42-18-8-10-20-50(42)55(51)39-25-22-35(23-26-39)34-12-3-2-4-13-34)30-46-45-31-43-41-17-7-9-19-47(41)54-48(43)32-52(45)56(53(33)46)49-21-11-15-36-14-5-6-16-40(36)49/h2-33,53-54H,1H3. The monoisotopic (exact) mass is 715 g/mol. The molecule has 0 fully saturated rings. The van der Waals surface area contributed by atoms with Crippen LogP contribution < -0.4 is 4.90 Å². The number of hydrogen-bond donors (Lipinski definition) is 1. The Morgan fingerprint density at radius 2 is 1.18 bits per heavy atom. The van der Waals surface area contributed by atoms with Crippen LogP contribution in [-0.2, 0) is 0 Å². The van der Waals surface area contributed by atoms with E-state index in [1.807, 2.05) is 0 Å². The molecule has 10 aromatic rings. The summed E-state index contributed by atoms with van der Waals surface area (Å²) >= 11 is 0. The van der Waals surface area contributed by atoms with E-state index >= 15 is 0 Å². The van der Waals surface area contributed by atoms with Gasteiger partial charge in [-0.15, -0.1) is 0 Å². The van der Waals surface area contributed by atoms with Crippen LogP contribution in [0, 0.1) is 5.92 Å². The van der Waals surface area contributed by atoms with Crippen molar-refractivity contribution in [2.45, 2.75) is 13.0 Å². The molecule has 2 aliphatic rings. The number of hydrogen-bond acceptors (Lipinski definition) is 1. The number of aromatic amines is 1. The number of para-hydroxylation sites is 2. The van der Waals surface area contributed by atoms with Crippen LogP contribution in [0.2, 0.25) is 0 Å². The number of anilines is 2. The van der Waals surface area contributed by atoms with Gasteiger partial charge in [0.2, 0.25) is 0 Å². The van der Waals surface area contributed by atoms with Crippen LogP contribution in [0.5, 0.6) is 0 Å². The van der Waals surface area contributed by atoms with E-state index in [4.69, 9.17) is 0 Å². The number of benzene rings is 8. The number of fused-ring (bicyclic) bond motifs is 10. The van der Waals surface area contributed by atoms with Crippen molar-refractivity contribution >= 4 is 76.9 Å². The molecule has 2 aromatic heterocycles. The number of rotatable bonds is 4. The maximum absolute atomic E-state index is 3.74. The minimum absolute atomic E-state index is 0.168. The molecule has 0 radical (unpaired) electrons. The lowest BCUT2D eigenvalue weighted by Gasteiger charge is -2.34. The minimum atomic E-state index is 0.168. The van der Waals surface area contributed by atoms with Gasteiger partial charge in [0, 0.05) is 54.9 Å². The lowest BCUT2D eigenvalue weighted by Crippen LogP contribution is -2.33. The van der Waals surface area contributed by atoms with E-state index in [9.17, 15) is 0 Å². The topological polar surface area (TPSA) is 24.0 Å². The van der Waals surface area contributed by atoms with Crippen LogP contribution in [0.25, 0.3) is 82.3 Å². The molecule has 8 aromatic carbocycles. The Kier molecular flexibility index (Phi) is 6.67. The second-order valence-electron chi connectivity index (χ2n) is 15.5. The summed E-state index contributed by atoms with van der Waals surface area (Å²) in [7, 11) is 0. The third-order valence-electron chi connectivity index (χ3n) is 12.3. The first-order valence-electron chi connectivity index (χ1n) is 19.6. The average molecular weight is 716 g/mol. The van der Waals surface area contributed by atoms with Crippen LogP contribution >= 0.6 is 0 Å². The van der Waals surface area contributed by atoms with Gasteiger partial charge in [-0.1, -0.05) is 134 Å². The smallest absolute Gasteiger partial charge is 0.0659 e. The van der Waals surface area contributed by atoms with Crippen molar-refractivity contribution in [2.24, 2.45) is 5.92 Å². The molecule has 1 N–H and O–H groups in total. The van der Waals surface area contributed by atoms with E-state index in [2.05, 4.69) is 209 Å². The fraction of sp³-hybridized carbons (Fsp3) is 0.0566. The maximum Gasteiger partial charge on any atom is 0.0659 e. The van der Waals surface area contributed by atoms with Crippen LogP contribution in [0.3, 0.4) is 0 Å². The first-order valence-corrected chi connectivity index (χ1v) is 19.6. The Balaban J connectivity index is 1.02. The number of allylic oxidation sites excluding steroid dienone is 2. The predicted octanol–water partition coefficient (Wildman–Crippen LogP) is 13.9. The molecule has 2 atom stereocenters. The highest BCUT2D eigenvalue weighted by molar-refractivity contribution is 6.14. The Labute approximate surface area is 325 Å². The third kappa shape index (κ3) is 4.58. The molecule has 1 aliphatic carbocycles. The summed E-state index contributed by atoms with van der Waals surface area (Å²) in [5.41, 5.74) is 16.1. The largest absolute Gasteiger partial charge is 0.354 e. The van der Waals surface area contributed by atoms with Gasteiger partial charge in [-0.2, -0.15) is 0 Å². The molecule has 0 bridgehead atoms. The Morgan fingerprint density at radius 3 is 2.05 bits per heavy atom. The van der Waals surface area contributed by atoms with Gasteiger partial charge in [0.25, 0.3) is 0 Å². The predicted molar refractivity (Wildman–Crippen MR) is 237 cm³/mol. The summed E-state index contributed by atoms with van der Waals surface area (Å²) in [5, 5.41) is 7.61. The molecule has 1 aliphatic heterocycles. The maximum atomic E-state index is 3.74. The highest BCUT2D eigenvalue weighted by atomic mass is 15.2. The number of nitrogens with one attached hydrogen (secondary N) is 1. The highest BCUT2D eigenvalue weighted by Crippen LogP contribution is 2.53. The fourth-order valence-electron chi connectivity index (χ4n) is 9.78. The highest BCUT2D eigenvalue weighted by Gasteiger charge is 2.40. The quantitative estimate of drug-likeness (QED) is 0.193. The van der Waals surface area contributed by atoms with Crippen LogP contribution in [0.15, 0.2) is 188 Å². The van der Waals surface area contributed by atoms with E-state index in [-0.39, 0.29) is 12.0 Å². The van der Waals surface area contributed by atoms with E-state index in [1.54, 1.807) is 0 Å². The van der Waals surface area contributed by atoms with Crippen molar-refractivity contribution in [3.63, 3.8) is 0 Å². The van der Waals surface area contributed by atoms with Gasteiger partial charge < -0.3 is 14.5 Å². The van der Waals surface area contributed by atoms with Crippen LogP contribution in [0.4, 0.5) is 11.4 Å². The summed E-state index contributed by atoms with van der Waals surface area (Å²) in [6, 6.07) is 64.7. The normalized spacial score (nSPS) is 16.5. The molecule has 56 heavy (non-hydrogen) atoms. The van der Waals surface area contributed by atoms with Gasteiger partial charge in [-0.25, -0.2) is 0 Å². The summed E-state index contributed by atoms with van der Waals surface area (Å²) in [4.78, 5) is 6.36. The molecule has 3 heteroatoms. The van der Waals surface area contributed by atoms with Gasteiger partial charge >= 0.3 is 0 Å². The van der Waals surface area contributed by atoms with Crippen molar-refractivity contribution in [3.05, 3.63) is 199 Å². The number of aromatic nitrogens is 2. The molecule has 3 heterocycles. The van der Waals surface area contributed by atoms with Crippen LogP contribution in [-0.4, -0.2) is 15.6 Å². The van der Waals surface area contributed by atoms with E-state index in [1.165, 1.54) is 105 Å². The van der Waals surface area contributed by atoms with E-state index in [0.29, 0.717) is 0 Å². The van der Waals surface area contributed by atoms with Crippen molar-refractivity contribution in [3.8, 4) is 16.8 Å². The summed E-state index contributed by atoms with van der Waals surface area (Å²) < 4.78 is 2.41. The van der Waals surface area contributed by atoms with Crippen molar-refractivity contribution in [2.75, 3.05) is 4.90 Å². The fourth-order valence-corrected chi connectivity index (χ4v) is 9.78. The number of nitrogens with zero attached hydrogens (tertiary/aromatic N) is 2. The average Bonchev–Trinajstić information content (AvgIpc) is 3.90. The minimum Gasteiger partial charge on any atom is -0.354 e. The van der Waals surface area contributed by atoms with E-state index < -0.39 is 0 Å². The molecule has 264 valence electrons. The van der Waals surface area contributed by atoms with Gasteiger partial charge in [0.15, 0.2) is 0 Å². The molecule has 12 rings (SSSR count). The zero-order valence-electron chi connectivity index (χ0n) is 30.9. The molecule has 0 spiro atoms. The molecule has 0 saturated carbocycles. The molecular weight excluding hydrogens is 679 g/mol. The summed E-state index contributed by atoms with van der Waals surface area (Å²) in [5.74, 6) is 0.256. The van der Waals surface area contributed by atoms with Gasteiger partial charge in [0.1, 0.15) is 0 Å². The SMILES string of the molecule is CC1C=C(c2ccc3c(c2)c2ccccc2n3-c2ccc(-c3ccccc3)cc2)C=C2c3cc4c(cc3N(c3cccc5ccccc35)C21)[nH]c1ccccc14. The van der Waals surface area contributed by atoms with Gasteiger partial charge in [-0.3, -0.25) is 0 Å².